The fourth-order valence-corrected chi connectivity index (χ4v) is 2.31. The molecule has 0 aliphatic carbocycles. The molecule has 2 rings (SSSR count). The van der Waals surface area contributed by atoms with Gasteiger partial charge in [-0.25, -0.2) is 0 Å². The van der Waals surface area contributed by atoms with Crippen molar-refractivity contribution in [2.75, 3.05) is 0 Å². The monoisotopic (exact) mass is 216 g/mol. The van der Waals surface area contributed by atoms with Crippen LogP contribution in [0.5, 0.6) is 0 Å². The van der Waals surface area contributed by atoms with E-state index >= 15 is 0 Å². The van der Waals surface area contributed by atoms with Gasteiger partial charge in [-0.15, -0.1) is 11.3 Å². The van der Waals surface area contributed by atoms with Gasteiger partial charge in [0, 0.05) is 10.3 Å². The predicted octanol–water partition coefficient (Wildman–Crippen LogP) is 4.23. The smallest absolute Gasteiger partial charge is 0.166 e. The molecule has 0 saturated carbocycles. The third-order valence-electron chi connectivity index (χ3n) is 2.14. The number of hydrogen-bond acceptors (Lipinski definition) is 1. The van der Waals surface area contributed by atoms with Gasteiger partial charge in [-0.05, 0) is 23.8 Å². The minimum atomic E-state index is -4.26. The summed E-state index contributed by atoms with van der Waals surface area (Å²) in [6.07, 6.45) is -4.26. The molecule has 74 valence electrons. The first-order chi connectivity index (χ1) is 6.50. The quantitative estimate of drug-likeness (QED) is 0.618. The van der Waals surface area contributed by atoms with Crippen molar-refractivity contribution >= 4 is 22.1 Å². The third-order valence-corrected chi connectivity index (χ3v) is 3.07. The van der Waals surface area contributed by atoms with E-state index < -0.39 is 11.7 Å². The van der Waals surface area contributed by atoms with Crippen molar-refractivity contribution in [1.29, 1.82) is 0 Å². The summed E-state index contributed by atoms with van der Waals surface area (Å²) in [5.74, 6) is 0. The number of halogens is 3. The van der Waals surface area contributed by atoms with Crippen molar-refractivity contribution in [3.05, 3.63) is 34.0 Å². The summed E-state index contributed by atoms with van der Waals surface area (Å²) in [4.78, 5) is 0.922. The van der Waals surface area contributed by atoms with Crippen LogP contribution in [0.1, 0.15) is 10.4 Å². The second-order valence-corrected chi connectivity index (χ2v) is 4.14. The van der Waals surface area contributed by atoms with Gasteiger partial charge in [0.15, 0.2) is 0 Å². The van der Waals surface area contributed by atoms with Gasteiger partial charge in [0.25, 0.3) is 0 Å². The van der Waals surface area contributed by atoms with Crippen molar-refractivity contribution < 1.29 is 13.2 Å². The van der Waals surface area contributed by atoms with Crippen molar-refractivity contribution in [3.63, 3.8) is 0 Å². The summed E-state index contributed by atoms with van der Waals surface area (Å²) in [5.41, 5.74) is -0.542. The number of alkyl halides is 3. The number of rotatable bonds is 0. The molecule has 0 N–H and O–H groups in total. The standard InChI is InChI=1S/C10H7F3S/c1-6-7-3-2-4-9(10(11,12)13)8(7)5-14-6/h2-5H,1H3. The van der Waals surface area contributed by atoms with Crippen LogP contribution in [0.3, 0.4) is 0 Å². The Bertz CT molecular complexity index is 468. The lowest BCUT2D eigenvalue weighted by atomic mass is 10.1. The number of benzene rings is 1. The molecule has 0 atom stereocenters. The first kappa shape index (κ1) is 9.52. The van der Waals surface area contributed by atoms with E-state index in [1.54, 1.807) is 11.4 Å². The molecule has 0 aliphatic rings. The van der Waals surface area contributed by atoms with Gasteiger partial charge in [-0.2, -0.15) is 13.2 Å². The highest BCUT2D eigenvalue weighted by atomic mass is 32.1. The van der Waals surface area contributed by atoms with Crippen molar-refractivity contribution in [2.45, 2.75) is 13.1 Å². The minimum Gasteiger partial charge on any atom is -0.166 e. The van der Waals surface area contributed by atoms with Gasteiger partial charge in [0.1, 0.15) is 0 Å². The first-order valence-electron chi connectivity index (χ1n) is 4.04. The lowest BCUT2D eigenvalue weighted by Crippen LogP contribution is -2.04. The van der Waals surface area contributed by atoms with E-state index in [2.05, 4.69) is 0 Å². The highest BCUT2D eigenvalue weighted by molar-refractivity contribution is 7.11. The molecule has 0 nitrogen and oxygen atoms in total. The van der Waals surface area contributed by atoms with Crippen molar-refractivity contribution in [1.82, 2.24) is 0 Å². The van der Waals surface area contributed by atoms with Crippen LogP contribution < -0.4 is 0 Å². The van der Waals surface area contributed by atoms with Crippen LogP contribution in [0, 0.1) is 6.92 Å². The molecule has 14 heavy (non-hydrogen) atoms. The largest absolute Gasteiger partial charge is 0.417 e. The zero-order valence-corrected chi connectivity index (χ0v) is 8.17. The second kappa shape index (κ2) is 2.98. The fourth-order valence-electron chi connectivity index (χ4n) is 1.46. The van der Waals surface area contributed by atoms with E-state index in [0.29, 0.717) is 10.8 Å². The zero-order chi connectivity index (χ0) is 10.3. The molecule has 2 aromatic rings. The first-order valence-corrected chi connectivity index (χ1v) is 4.92. The molecule has 0 radical (unpaired) electrons. The molecule has 0 fully saturated rings. The SMILES string of the molecule is Cc1scc2c(C(F)(F)F)cccc12. The zero-order valence-electron chi connectivity index (χ0n) is 7.35. The molecule has 0 unspecified atom stereocenters. The van der Waals surface area contributed by atoms with E-state index in [9.17, 15) is 13.2 Å². The van der Waals surface area contributed by atoms with Crippen LogP contribution in [0.25, 0.3) is 10.8 Å². The van der Waals surface area contributed by atoms with Gasteiger partial charge in [0.2, 0.25) is 0 Å². The van der Waals surface area contributed by atoms with Crippen molar-refractivity contribution in [3.8, 4) is 0 Å². The number of hydrogen-bond donors (Lipinski definition) is 0. The molecule has 0 saturated heterocycles. The normalized spacial score (nSPS) is 12.3. The maximum atomic E-state index is 12.5. The maximum Gasteiger partial charge on any atom is 0.417 e. The molecule has 1 heterocycles. The summed E-state index contributed by atoms with van der Waals surface area (Å²) < 4.78 is 37.6. The van der Waals surface area contributed by atoms with Crippen LogP contribution in [-0.4, -0.2) is 0 Å². The summed E-state index contributed by atoms with van der Waals surface area (Å²) in [6, 6.07) is 4.29. The molecule has 1 aromatic carbocycles. The Morgan fingerprint density at radius 3 is 2.50 bits per heavy atom. The van der Waals surface area contributed by atoms with E-state index in [-0.39, 0.29) is 0 Å². The highest BCUT2D eigenvalue weighted by Crippen LogP contribution is 2.37. The Morgan fingerprint density at radius 2 is 1.86 bits per heavy atom. The third kappa shape index (κ3) is 1.39. The Morgan fingerprint density at radius 1 is 1.14 bits per heavy atom. The molecule has 0 spiro atoms. The highest BCUT2D eigenvalue weighted by Gasteiger charge is 2.32. The Balaban J connectivity index is 2.79. The molecular formula is C10H7F3S. The summed E-state index contributed by atoms with van der Waals surface area (Å²) >= 11 is 1.35. The molecule has 1 aromatic heterocycles. The average Bonchev–Trinajstić information content (AvgIpc) is 2.46. The van der Waals surface area contributed by atoms with E-state index in [1.807, 2.05) is 6.92 Å². The number of fused-ring (bicyclic) bond motifs is 1. The average molecular weight is 216 g/mol. The summed E-state index contributed by atoms with van der Waals surface area (Å²) in [5, 5.41) is 2.57. The van der Waals surface area contributed by atoms with E-state index in [0.717, 1.165) is 10.9 Å². The Hall–Kier alpha value is -1.03. The molecule has 0 amide bonds. The van der Waals surface area contributed by atoms with E-state index in [1.165, 1.54) is 17.4 Å². The molecule has 0 aliphatic heterocycles. The van der Waals surface area contributed by atoms with Crippen LogP contribution in [0.15, 0.2) is 23.6 Å². The number of aryl methyl sites for hydroxylation is 1. The number of thiophene rings is 1. The van der Waals surface area contributed by atoms with E-state index in [4.69, 9.17) is 0 Å². The predicted molar refractivity (Wildman–Crippen MR) is 51.6 cm³/mol. The van der Waals surface area contributed by atoms with Crippen LogP contribution in [0.4, 0.5) is 13.2 Å². The van der Waals surface area contributed by atoms with Gasteiger partial charge in [0.05, 0.1) is 5.56 Å². The Labute approximate surface area is 83.0 Å². The second-order valence-electron chi connectivity index (χ2n) is 3.06. The van der Waals surface area contributed by atoms with Crippen LogP contribution >= 0.6 is 11.3 Å². The molecular weight excluding hydrogens is 209 g/mol. The van der Waals surface area contributed by atoms with Crippen LogP contribution in [-0.2, 0) is 6.18 Å². The maximum absolute atomic E-state index is 12.5. The summed E-state index contributed by atoms with van der Waals surface area (Å²) in [6.45, 7) is 1.83. The molecule has 0 bridgehead atoms. The van der Waals surface area contributed by atoms with Gasteiger partial charge < -0.3 is 0 Å². The minimum absolute atomic E-state index is 0.308. The molecule has 4 heteroatoms. The van der Waals surface area contributed by atoms with Gasteiger partial charge >= 0.3 is 6.18 Å². The van der Waals surface area contributed by atoms with Crippen molar-refractivity contribution in [2.24, 2.45) is 0 Å². The summed E-state index contributed by atoms with van der Waals surface area (Å²) in [7, 11) is 0. The van der Waals surface area contributed by atoms with Gasteiger partial charge in [-0.1, -0.05) is 12.1 Å². The fraction of sp³-hybridized carbons (Fsp3) is 0.200. The lowest BCUT2D eigenvalue weighted by molar-refractivity contribution is -0.136. The van der Waals surface area contributed by atoms with Crippen LogP contribution in [0.2, 0.25) is 0 Å². The Kier molecular flexibility index (Phi) is 2.03. The lowest BCUT2D eigenvalue weighted by Gasteiger charge is -2.07. The topological polar surface area (TPSA) is 0 Å². The van der Waals surface area contributed by atoms with Gasteiger partial charge in [-0.3, -0.25) is 0 Å².